The van der Waals surface area contributed by atoms with Crippen LogP contribution in [0.2, 0.25) is 0 Å². The Balaban J connectivity index is 1.42. The van der Waals surface area contributed by atoms with Crippen LogP contribution in [-0.4, -0.2) is 26.6 Å². The number of hydrogen-bond donors (Lipinski definition) is 2. The van der Waals surface area contributed by atoms with Crippen LogP contribution >= 0.6 is 0 Å². The first-order chi connectivity index (χ1) is 14.5. The van der Waals surface area contributed by atoms with E-state index in [1.165, 1.54) is 0 Å². The summed E-state index contributed by atoms with van der Waals surface area (Å²) < 4.78 is 32.4. The van der Waals surface area contributed by atoms with Crippen molar-refractivity contribution in [2.45, 2.75) is 13.2 Å². The minimum atomic E-state index is -3.48. The van der Waals surface area contributed by atoms with Gasteiger partial charge in [0.1, 0.15) is 12.4 Å². The second-order valence-corrected chi connectivity index (χ2v) is 8.61. The van der Waals surface area contributed by atoms with Crippen LogP contribution in [0.3, 0.4) is 0 Å². The summed E-state index contributed by atoms with van der Waals surface area (Å²) in [6, 6.07) is 25.8. The van der Waals surface area contributed by atoms with Crippen molar-refractivity contribution in [1.29, 1.82) is 0 Å². The van der Waals surface area contributed by atoms with E-state index in [2.05, 4.69) is 10.0 Å². The van der Waals surface area contributed by atoms with E-state index in [4.69, 9.17) is 4.74 Å². The smallest absolute Gasteiger partial charge is 0.251 e. The highest BCUT2D eigenvalue weighted by atomic mass is 32.2. The first kappa shape index (κ1) is 21.5. The Morgan fingerprint density at radius 2 is 1.40 bits per heavy atom. The van der Waals surface area contributed by atoms with Crippen LogP contribution in [-0.2, 0) is 23.2 Å². The van der Waals surface area contributed by atoms with Crippen molar-refractivity contribution >= 4 is 15.9 Å². The maximum absolute atomic E-state index is 12.2. The van der Waals surface area contributed by atoms with Crippen molar-refractivity contribution in [2.24, 2.45) is 0 Å². The molecule has 0 aromatic heterocycles. The van der Waals surface area contributed by atoms with Gasteiger partial charge in [-0.1, -0.05) is 60.7 Å². The highest BCUT2D eigenvalue weighted by Crippen LogP contribution is 2.14. The fourth-order valence-electron chi connectivity index (χ4n) is 2.71. The van der Waals surface area contributed by atoms with Crippen molar-refractivity contribution < 1.29 is 17.9 Å². The molecule has 3 rings (SSSR count). The molecule has 0 atom stereocenters. The first-order valence-electron chi connectivity index (χ1n) is 9.58. The molecule has 0 aliphatic rings. The van der Waals surface area contributed by atoms with E-state index in [-0.39, 0.29) is 24.7 Å². The average Bonchev–Trinajstić information content (AvgIpc) is 2.78. The van der Waals surface area contributed by atoms with E-state index >= 15 is 0 Å². The SMILES string of the molecule is O=C(NCCS(=O)(=O)NCc1ccccc1)c1ccc(OCc2ccccc2)cc1. The zero-order valence-electron chi connectivity index (χ0n) is 16.5. The number of sulfonamides is 1. The van der Waals surface area contributed by atoms with Gasteiger partial charge in [0.15, 0.2) is 0 Å². The molecule has 6 nitrogen and oxygen atoms in total. The summed E-state index contributed by atoms with van der Waals surface area (Å²) in [4.78, 5) is 12.2. The molecule has 0 aliphatic heterocycles. The molecule has 3 aromatic rings. The fourth-order valence-corrected chi connectivity index (χ4v) is 3.61. The van der Waals surface area contributed by atoms with E-state index in [0.717, 1.165) is 11.1 Å². The quantitative estimate of drug-likeness (QED) is 0.524. The summed E-state index contributed by atoms with van der Waals surface area (Å²) in [6.07, 6.45) is 0. The molecule has 156 valence electrons. The second kappa shape index (κ2) is 10.6. The maximum atomic E-state index is 12.2. The molecule has 0 heterocycles. The van der Waals surface area contributed by atoms with Crippen LogP contribution in [0, 0.1) is 0 Å². The molecule has 30 heavy (non-hydrogen) atoms. The number of nitrogens with one attached hydrogen (secondary N) is 2. The number of carbonyl (C=O) groups excluding carboxylic acids is 1. The molecule has 3 aromatic carbocycles. The van der Waals surface area contributed by atoms with Crippen molar-refractivity contribution in [3.8, 4) is 5.75 Å². The zero-order chi connectivity index (χ0) is 21.2. The van der Waals surface area contributed by atoms with E-state index in [1.54, 1.807) is 24.3 Å². The summed E-state index contributed by atoms with van der Waals surface area (Å²) >= 11 is 0. The standard InChI is InChI=1S/C23H24N2O4S/c26-23(24-15-16-30(27,28)25-17-19-7-3-1-4-8-19)21-11-13-22(14-12-21)29-18-20-9-5-2-6-10-20/h1-14,25H,15-18H2,(H,24,26). The molecule has 0 unspecified atom stereocenters. The van der Waals surface area contributed by atoms with Crippen molar-refractivity contribution in [1.82, 2.24) is 10.0 Å². The van der Waals surface area contributed by atoms with Gasteiger partial charge in [-0.2, -0.15) is 0 Å². The van der Waals surface area contributed by atoms with Crippen LogP contribution in [0.5, 0.6) is 5.75 Å². The first-order valence-corrected chi connectivity index (χ1v) is 11.2. The molecular formula is C23H24N2O4S. The van der Waals surface area contributed by atoms with Gasteiger partial charge in [0.05, 0.1) is 5.75 Å². The van der Waals surface area contributed by atoms with Gasteiger partial charge in [0.2, 0.25) is 10.0 Å². The molecule has 1 amide bonds. The highest BCUT2D eigenvalue weighted by Gasteiger charge is 2.12. The van der Waals surface area contributed by atoms with Crippen LogP contribution in [0.4, 0.5) is 0 Å². The lowest BCUT2D eigenvalue weighted by Gasteiger charge is -2.09. The Hall–Kier alpha value is -3.16. The molecular weight excluding hydrogens is 400 g/mol. The molecule has 0 spiro atoms. The van der Waals surface area contributed by atoms with Crippen molar-refractivity contribution in [3.05, 3.63) is 102 Å². The maximum Gasteiger partial charge on any atom is 0.251 e. The number of hydrogen-bond acceptors (Lipinski definition) is 4. The topological polar surface area (TPSA) is 84.5 Å². The molecule has 7 heteroatoms. The number of ether oxygens (including phenoxy) is 1. The Bertz CT molecular complexity index is 1040. The Morgan fingerprint density at radius 1 is 0.800 bits per heavy atom. The van der Waals surface area contributed by atoms with E-state index < -0.39 is 10.0 Å². The van der Waals surface area contributed by atoms with Gasteiger partial charge in [-0.15, -0.1) is 0 Å². The number of rotatable bonds is 10. The third kappa shape index (κ3) is 7.02. The number of benzene rings is 3. The molecule has 0 aliphatic carbocycles. The highest BCUT2D eigenvalue weighted by molar-refractivity contribution is 7.89. The Morgan fingerprint density at radius 3 is 2.03 bits per heavy atom. The average molecular weight is 425 g/mol. The Kier molecular flexibility index (Phi) is 7.59. The predicted molar refractivity (Wildman–Crippen MR) is 117 cm³/mol. The van der Waals surface area contributed by atoms with Gasteiger partial charge in [0, 0.05) is 18.7 Å². The van der Waals surface area contributed by atoms with Gasteiger partial charge >= 0.3 is 0 Å². The minimum absolute atomic E-state index is 0.0230. The fraction of sp³-hybridized carbons (Fsp3) is 0.174. The van der Waals surface area contributed by atoms with Gasteiger partial charge in [-0.3, -0.25) is 4.79 Å². The van der Waals surface area contributed by atoms with Crippen molar-refractivity contribution in [3.63, 3.8) is 0 Å². The molecule has 0 fully saturated rings. The summed E-state index contributed by atoms with van der Waals surface area (Å²) in [5, 5.41) is 2.63. The van der Waals surface area contributed by atoms with Gasteiger partial charge in [-0.05, 0) is 35.4 Å². The lowest BCUT2D eigenvalue weighted by atomic mass is 10.2. The van der Waals surface area contributed by atoms with Gasteiger partial charge in [-0.25, -0.2) is 13.1 Å². The molecule has 0 bridgehead atoms. The third-order valence-corrected chi connectivity index (χ3v) is 5.69. The molecule has 2 N–H and O–H groups in total. The van der Waals surface area contributed by atoms with E-state index in [9.17, 15) is 13.2 Å². The number of carbonyl (C=O) groups is 1. The predicted octanol–water partition coefficient (Wildman–Crippen LogP) is 3.12. The normalized spacial score (nSPS) is 11.1. The van der Waals surface area contributed by atoms with Gasteiger partial charge < -0.3 is 10.1 Å². The van der Waals surface area contributed by atoms with E-state index in [1.807, 2.05) is 60.7 Å². The Labute approximate surface area is 177 Å². The van der Waals surface area contributed by atoms with Crippen molar-refractivity contribution in [2.75, 3.05) is 12.3 Å². The number of amides is 1. The van der Waals surface area contributed by atoms with Crippen LogP contribution in [0.15, 0.2) is 84.9 Å². The molecule has 0 saturated carbocycles. The van der Waals surface area contributed by atoms with Crippen LogP contribution in [0.1, 0.15) is 21.5 Å². The van der Waals surface area contributed by atoms with Crippen LogP contribution < -0.4 is 14.8 Å². The summed E-state index contributed by atoms with van der Waals surface area (Å²) in [6.45, 7) is 0.691. The third-order valence-electron chi connectivity index (χ3n) is 4.36. The molecule has 0 radical (unpaired) electrons. The summed E-state index contributed by atoms with van der Waals surface area (Å²) in [5.41, 5.74) is 2.37. The largest absolute Gasteiger partial charge is 0.489 e. The lowest BCUT2D eigenvalue weighted by molar-refractivity contribution is 0.0956. The zero-order valence-corrected chi connectivity index (χ0v) is 17.3. The molecule has 0 saturated heterocycles. The second-order valence-electron chi connectivity index (χ2n) is 6.68. The lowest BCUT2D eigenvalue weighted by Crippen LogP contribution is -2.34. The minimum Gasteiger partial charge on any atom is -0.489 e. The summed E-state index contributed by atoms with van der Waals surface area (Å²) in [5.74, 6) is 0.134. The van der Waals surface area contributed by atoms with E-state index in [0.29, 0.717) is 17.9 Å². The summed E-state index contributed by atoms with van der Waals surface area (Å²) in [7, 11) is -3.48. The van der Waals surface area contributed by atoms with Crippen LogP contribution in [0.25, 0.3) is 0 Å². The van der Waals surface area contributed by atoms with Gasteiger partial charge in [0.25, 0.3) is 5.91 Å². The monoisotopic (exact) mass is 424 g/mol.